The van der Waals surface area contributed by atoms with Gasteiger partial charge in [0.2, 0.25) is 0 Å². The predicted octanol–water partition coefficient (Wildman–Crippen LogP) is 1.11. The highest BCUT2D eigenvalue weighted by Gasteiger charge is 2.10. The first-order valence-corrected chi connectivity index (χ1v) is 5.91. The highest BCUT2D eigenvalue weighted by molar-refractivity contribution is 5.95. The van der Waals surface area contributed by atoms with Crippen molar-refractivity contribution >= 4 is 5.91 Å². The molecule has 0 aliphatic carbocycles. The Morgan fingerprint density at radius 3 is 2.94 bits per heavy atom. The van der Waals surface area contributed by atoms with Gasteiger partial charge in [-0.3, -0.25) is 4.79 Å². The molecule has 1 N–H and O–H groups in total. The number of amides is 1. The maximum Gasteiger partial charge on any atom is 0.251 e. The number of hydrogen-bond donors (Lipinski definition) is 1. The molecule has 0 unspecified atom stereocenters. The molecule has 0 saturated carbocycles. The van der Waals surface area contributed by atoms with E-state index in [2.05, 4.69) is 20.8 Å². The molecule has 1 aromatic heterocycles. The van der Waals surface area contributed by atoms with Crippen molar-refractivity contribution in [3.63, 3.8) is 0 Å². The Morgan fingerprint density at radius 1 is 1.39 bits per heavy atom. The molecule has 0 saturated heterocycles. The lowest BCUT2D eigenvalue weighted by molar-refractivity contribution is 0.0956. The summed E-state index contributed by atoms with van der Waals surface area (Å²) in [5.74, 6) is 0.582. The molecule has 1 amide bonds. The van der Waals surface area contributed by atoms with Gasteiger partial charge in [0.1, 0.15) is 0 Å². The van der Waals surface area contributed by atoms with Crippen molar-refractivity contribution in [2.75, 3.05) is 6.54 Å². The van der Waals surface area contributed by atoms with Crippen molar-refractivity contribution in [2.24, 2.45) is 0 Å². The van der Waals surface area contributed by atoms with Crippen molar-refractivity contribution < 1.29 is 4.79 Å². The van der Waals surface area contributed by atoms with Gasteiger partial charge >= 0.3 is 0 Å². The standard InChI is InChI=1S/C12H15N5O/c1-3-13-12(18)10-7-5-6-9(8-10)11-14-15-16-17(11)4-2/h5-8H,3-4H2,1-2H3,(H,13,18). The molecule has 18 heavy (non-hydrogen) atoms. The second-order valence-corrected chi connectivity index (χ2v) is 3.76. The van der Waals surface area contributed by atoms with Crippen molar-refractivity contribution in [1.29, 1.82) is 0 Å². The Balaban J connectivity index is 2.35. The summed E-state index contributed by atoms with van der Waals surface area (Å²) in [5, 5.41) is 14.3. The second-order valence-electron chi connectivity index (χ2n) is 3.76. The van der Waals surface area contributed by atoms with E-state index in [9.17, 15) is 4.79 Å². The number of rotatable bonds is 4. The first-order chi connectivity index (χ1) is 8.76. The molecule has 0 fully saturated rings. The highest BCUT2D eigenvalue weighted by atomic mass is 16.1. The molecule has 2 aromatic rings. The molecular formula is C12H15N5O. The van der Waals surface area contributed by atoms with Crippen LogP contribution in [-0.4, -0.2) is 32.7 Å². The number of nitrogens with one attached hydrogen (secondary N) is 1. The molecule has 2 rings (SSSR count). The fraction of sp³-hybridized carbons (Fsp3) is 0.333. The summed E-state index contributed by atoms with van der Waals surface area (Å²) in [6.07, 6.45) is 0. The van der Waals surface area contributed by atoms with Crippen LogP contribution < -0.4 is 5.32 Å². The maximum absolute atomic E-state index is 11.8. The monoisotopic (exact) mass is 245 g/mol. The fourth-order valence-electron chi connectivity index (χ4n) is 1.69. The zero-order chi connectivity index (χ0) is 13.0. The molecule has 0 aliphatic heterocycles. The van der Waals surface area contributed by atoms with Gasteiger partial charge in [0, 0.05) is 24.2 Å². The molecule has 6 heteroatoms. The Kier molecular flexibility index (Phi) is 3.66. The largest absolute Gasteiger partial charge is 0.352 e. The first-order valence-electron chi connectivity index (χ1n) is 5.91. The van der Waals surface area contributed by atoms with E-state index >= 15 is 0 Å². The average Bonchev–Trinajstić information content (AvgIpc) is 2.87. The van der Waals surface area contributed by atoms with Gasteiger partial charge in [-0.05, 0) is 36.4 Å². The predicted molar refractivity (Wildman–Crippen MR) is 66.9 cm³/mol. The summed E-state index contributed by atoms with van der Waals surface area (Å²) in [6, 6.07) is 7.28. The van der Waals surface area contributed by atoms with Crippen LogP contribution in [0.4, 0.5) is 0 Å². The van der Waals surface area contributed by atoms with Crippen LogP contribution in [0.3, 0.4) is 0 Å². The van der Waals surface area contributed by atoms with Gasteiger partial charge in [0.25, 0.3) is 5.91 Å². The number of carbonyl (C=O) groups excluding carboxylic acids is 1. The van der Waals surface area contributed by atoms with Gasteiger partial charge in [0.15, 0.2) is 5.82 Å². The number of tetrazole rings is 1. The highest BCUT2D eigenvalue weighted by Crippen LogP contribution is 2.17. The first kappa shape index (κ1) is 12.2. The summed E-state index contributed by atoms with van der Waals surface area (Å²) >= 11 is 0. The van der Waals surface area contributed by atoms with Crippen molar-refractivity contribution in [2.45, 2.75) is 20.4 Å². The van der Waals surface area contributed by atoms with E-state index in [1.807, 2.05) is 26.0 Å². The van der Waals surface area contributed by atoms with E-state index in [-0.39, 0.29) is 5.91 Å². The summed E-state index contributed by atoms with van der Waals surface area (Å²) in [7, 11) is 0. The van der Waals surface area contributed by atoms with Crippen LogP contribution in [0.25, 0.3) is 11.4 Å². The average molecular weight is 245 g/mol. The zero-order valence-corrected chi connectivity index (χ0v) is 10.4. The van der Waals surface area contributed by atoms with Crippen LogP contribution >= 0.6 is 0 Å². The van der Waals surface area contributed by atoms with Gasteiger partial charge in [-0.1, -0.05) is 12.1 Å². The number of hydrogen-bond acceptors (Lipinski definition) is 4. The number of aryl methyl sites for hydroxylation is 1. The molecule has 0 spiro atoms. The van der Waals surface area contributed by atoms with E-state index in [1.54, 1.807) is 16.8 Å². The lowest BCUT2D eigenvalue weighted by atomic mass is 10.1. The number of benzene rings is 1. The van der Waals surface area contributed by atoms with Crippen LogP contribution in [0.1, 0.15) is 24.2 Å². The van der Waals surface area contributed by atoms with Crippen molar-refractivity contribution in [3.05, 3.63) is 29.8 Å². The molecule has 6 nitrogen and oxygen atoms in total. The SMILES string of the molecule is CCNC(=O)c1cccc(-c2nnnn2CC)c1. The Bertz CT molecular complexity index is 549. The molecule has 1 aromatic carbocycles. The number of aromatic nitrogens is 4. The van der Waals surface area contributed by atoms with Crippen LogP contribution in [0, 0.1) is 0 Å². The van der Waals surface area contributed by atoms with Crippen molar-refractivity contribution in [3.8, 4) is 11.4 Å². The van der Waals surface area contributed by atoms with Gasteiger partial charge < -0.3 is 5.32 Å². The Hall–Kier alpha value is -2.24. The number of carbonyl (C=O) groups is 1. The number of nitrogens with zero attached hydrogens (tertiary/aromatic N) is 4. The van der Waals surface area contributed by atoms with Crippen LogP contribution in [-0.2, 0) is 6.54 Å². The summed E-state index contributed by atoms with van der Waals surface area (Å²) in [5.41, 5.74) is 1.45. The Morgan fingerprint density at radius 2 is 2.22 bits per heavy atom. The van der Waals surface area contributed by atoms with Gasteiger partial charge in [0.05, 0.1) is 0 Å². The van der Waals surface area contributed by atoms with Crippen molar-refractivity contribution in [1.82, 2.24) is 25.5 Å². The molecular weight excluding hydrogens is 230 g/mol. The molecule has 94 valence electrons. The fourth-order valence-corrected chi connectivity index (χ4v) is 1.69. The van der Waals surface area contributed by atoms with Crippen LogP contribution in [0.2, 0.25) is 0 Å². The molecule has 0 radical (unpaired) electrons. The minimum Gasteiger partial charge on any atom is -0.352 e. The third-order valence-electron chi connectivity index (χ3n) is 2.55. The van der Waals surface area contributed by atoms with Crippen LogP contribution in [0.5, 0.6) is 0 Å². The van der Waals surface area contributed by atoms with Crippen LogP contribution in [0.15, 0.2) is 24.3 Å². The summed E-state index contributed by atoms with van der Waals surface area (Å²) in [4.78, 5) is 11.8. The maximum atomic E-state index is 11.8. The lowest BCUT2D eigenvalue weighted by Gasteiger charge is -2.05. The third-order valence-corrected chi connectivity index (χ3v) is 2.55. The third kappa shape index (κ3) is 2.37. The topological polar surface area (TPSA) is 72.7 Å². The summed E-state index contributed by atoms with van der Waals surface area (Å²) in [6.45, 7) is 5.15. The quantitative estimate of drug-likeness (QED) is 0.875. The zero-order valence-electron chi connectivity index (χ0n) is 10.4. The van der Waals surface area contributed by atoms with E-state index in [1.165, 1.54) is 0 Å². The minimum atomic E-state index is -0.0881. The van der Waals surface area contributed by atoms with E-state index in [0.29, 0.717) is 24.5 Å². The van der Waals surface area contributed by atoms with E-state index < -0.39 is 0 Å². The minimum absolute atomic E-state index is 0.0881. The normalized spacial score (nSPS) is 10.3. The molecule has 0 aliphatic rings. The lowest BCUT2D eigenvalue weighted by Crippen LogP contribution is -2.22. The Labute approximate surface area is 105 Å². The van der Waals surface area contributed by atoms with Gasteiger partial charge in [-0.15, -0.1) is 5.10 Å². The molecule has 0 bridgehead atoms. The molecule has 1 heterocycles. The second kappa shape index (κ2) is 5.39. The van der Waals surface area contributed by atoms with E-state index in [4.69, 9.17) is 0 Å². The smallest absolute Gasteiger partial charge is 0.251 e. The van der Waals surface area contributed by atoms with E-state index in [0.717, 1.165) is 5.56 Å². The van der Waals surface area contributed by atoms with Gasteiger partial charge in [-0.25, -0.2) is 4.68 Å². The molecule has 0 atom stereocenters. The summed E-state index contributed by atoms with van der Waals surface area (Å²) < 4.78 is 1.69. The van der Waals surface area contributed by atoms with Gasteiger partial charge in [-0.2, -0.15) is 0 Å².